The van der Waals surface area contributed by atoms with Crippen LogP contribution < -0.4 is 22.9 Å². The highest BCUT2D eigenvalue weighted by Crippen LogP contribution is 1.93. The number of guanidine groups is 1. The predicted octanol–water partition coefficient (Wildman–Crippen LogP) is -1.30. The summed E-state index contributed by atoms with van der Waals surface area (Å²) in [6.45, 7) is 0.476. The van der Waals surface area contributed by atoms with Gasteiger partial charge in [-0.3, -0.25) is 9.79 Å². The van der Waals surface area contributed by atoms with Gasteiger partial charge in [-0.25, -0.2) is 0 Å². The normalized spacial score (nSPS) is 10.4. The van der Waals surface area contributed by atoms with Gasteiger partial charge < -0.3 is 22.9 Å². The fourth-order valence-corrected chi connectivity index (χ4v) is 0.662. The number of nitrogens with zero attached hydrogens (tertiary/aromatic N) is 1. The largest absolute Gasteiger partial charge is 0.370 e. The van der Waals surface area contributed by atoms with Gasteiger partial charge >= 0.3 is 0 Å². The average molecular weight is 246 g/mol. The van der Waals surface area contributed by atoms with Gasteiger partial charge in [0.05, 0.1) is 6.04 Å². The van der Waals surface area contributed by atoms with E-state index in [0.29, 0.717) is 19.4 Å². The van der Waals surface area contributed by atoms with Crippen LogP contribution in [0.25, 0.3) is 0 Å². The molecule has 0 aliphatic carbocycles. The van der Waals surface area contributed by atoms with Gasteiger partial charge in [0.25, 0.3) is 0 Å². The van der Waals surface area contributed by atoms with Gasteiger partial charge in [-0.2, -0.15) is 0 Å². The molecule has 8 N–H and O–H groups in total. The summed E-state index contributed by atoms with van der Waals surface area (Å²) >= 11 is 0. The fraction of sp³-hybridized carbons (Fsp3) is 0.667. The molecule has 0 heterocycles. The summed E-state index contributed by atoms with van der Waals surface area (Å²) in [5.74, 6) is -0.456. The second-order valence-electron chi connectivity index (χ2n) is 2.46. The number of hydrogen-bond donors (Lipinski definition) is 4. The third-order valence-electron chi connectivity index (χ3n) is 1.33. The van der Waals surface area contributed by atoms with Crippen LogP contribution >= 0.6 is 24.8 Å². The zero-order chi connectivity index (χ0) is 9.56. The number of primary amides is 1. The molecular weight excluding hydrogens is 229 g/mol. The molecule has 0 saturated heterocycles. The van der Waals surface area contributed by atoms with E-state index in [2.05, 4.69) is 4.99 Å². The molecule has 8 heteroatoms. The fourth-order valence-electron chi connectivity index (χ4n) is 0.662. The van der Waals surface area contributed by atoms with E-state index < -0.39 is 11.9 Å². The summed E-state index contributed by atoms with van der Waals surface area (Å²) in [6.07, 6.45) is 1.16. The van der Waals surface area contributed by atoms with Crippen LogP contribution in [0.3, 0.4) is 0 Å². The molecule has 0 aromatic carbocycles. The summed E-state index contributed by atoms with van der Waals surface area (Å²) < 4.78 is 0. The van der Waals surface area contributed by atoms with Gasteiger partial charge in [-0.15, -0.1) is 24.8 Å². The van der Waals surface area contributed by atoms with E-state index in [0.717, 1.165) is 0 Å². The Morgan fingerprint density at radius 2 is 1.71 bits per heavy atom. The minimum atomic E-state index is -0.598. The molecule has 0 fully saturated rings. The highest BCUT2D eigenvalue weighted by atomic mass is 35.5. The highest BCUT2D eigenvalue weighted by Gasteiger charge is 2.07. The monoisotopic (exact) mass is 245 g/mol. The van der Waals surface area contributed by atoms with E-state index >= 15 is 0 Å². The number of amides is 1. The van der Waals surface area contributed by atoms with Crippen molar-refractivity contribution in [2.45, 2.75) is 18.9 Å². The summed E-state index contributed by atoms with van der Waals surface area (Å²) in [6, 6.07) is -0.598. The smallest absolute Gasteiger partial charge is 0.234 e. The molecule has 0 saturated carbocycles. The van der Waals surface area contributed by atoms with E-state index in [1.807, 2.05) is 0 Å². The van der Waals surface area contributed by atoms with Gasteiger partial charge in [0.15, 0.2) is 5.96 Å². The third kappa shape index (κ3) is 11.3. The number of hydrogen-bond acceptors (Lipinski definition) is 3. The van der Waals surface area contributed by atoms with Crippen molar-refractivity contribution in [2.75, 3.05) is 6.54 Å². The van der Waals surface area contributed by atoms with Crippen molar-refractivity contribution < 1.29 is 4.79 Å². The van der Waals surface area contributed by atoms with Crippen molar-refractivity contribution in [1.82, 2.24) is 0 Å². The quantitative estimate of drug-likeness (QED) is 0.272. The number of nitrogens with two attached hydrogens (primary N) is 4. The average Bonchev–Trinajstić information content (AvgIpc) is 1.97. The number of aliphatic imine (C=N–C) groups is 1. The maximum atomic E-state index is 10.4. The molecule has 0 radical (unpaired) electrons. The first-order valence-electron chi connectivity index (χ1n) is 3.64. The zero-order valence-electron chi connectivity index (χ0n) is 7.68. The lowest BCUT2D eigenvalue weighted by molar-refractivity contribution is -0.119. The van der Waals surface area contributed by atoms with Crippen LogP contribution in [0.15, 0.2) is 4.99 Å². The van der Waals surface area contributed by atoms with Gasteiger partial charge in [0, 0.05) is 6.54 Å². The molecule has 1 amide bonds. The molecule has 14 heavy (non-hydrogen) atoms. The van der Waals surface area contributed by atoms with Crippen molar-refractivity contribution in [3.63, 3.8) is 0 Å². The minimum Gasteiger partial charge on any atom is -0.370 e. The summed E-state index contributed by atoms with van der Waals surface area (Å²) in [4.78, 5) is 14.2. The Hall–Kier alpha value is -0.720. The van der Waals surface area contributed by atoms with Crippen LogP contribution in [0.2, 0.25) is 0 Å². The molecule has 0 aliphatic rings. The first kappa shape index (κ1) is 18.9. The van der Waals surface area contributed by atoms with E-state index in [4.69, 9.17) is 22.9 Å². The standard InChI is InChI=1S/C6H15N5O.2ClH/c7-4(5(8)12)2-1-3-11-6(9)10;;/h4H,1-3,7H2,(H2,8,12)(H4,9,10,11);2*1H/t4-;;/m1../s1. The zero-order valence-corrected chi connectivity index (χ0v) is 9.31. The molecule has 0 unspecified atom stereocenters. The Morgan fingerprint density at radius 1 is 1.21 bits per heavy atom. The van der Waals surface area contributed by atoms with E-state index in [-0.39, 0.29) is 30.8 Å². The van der Waals surface area contributed by atoms with E-state index in [9.17, 15) is 4.79 Å². The maximum Gasteiger partial charge on any atom is 0.234 e. The third-order valence-corrected chi connectivity index (χ3v) is 1.33. The second kappa shape index (κ2) is 10.4. The van der Waals surface area contributed by atoms with Crippen molar-refractivity contribution in [1.29, 1.82) is 0 Å². The SMILES string of the molecule is Cl.Cl.NC(=O)[C@H](N)CCCN=C(N)N. The molecule has 0 rings (SSSR count). The van der Waals surface area contributed by atoms with Crippen LogP contribution in [-0.2, 0) is 4.79 Å². The molecular formula is C6H17Cl2N5O. The lowest BCUT2D eigenvalue weighted by Crippen LogP contribution is -2.36. The van der Waals surface area contributed by atoms with Crippen molar-refractivity contribution in [2.24, 2.45) is 27.9 Å². The minimum absolute atomic E-state index is 0. The van der Waals surface area contributed by atoms with Gasteiger partial charge in [-0.1, -0.05) is 0 Å². The van der Waals surface area contributed by atoms with Crippen molar-refractivity contribution in [3.05, 3.63) is 0 Å². The summed E-state index contributed by atoms with van der Waals surface area (Å²) in [5.41, 5.74) is 20.4. The molecule has 86 valence electrons. The molecule has 0 bridgehead atoms. The van der Waals surface area contributed by atoms with Gasteiger partial charge in [0.2, 0.25) is 5.91 Å². The van der Waals surface area contributed by atoms with Gasteiger partial charge in [-0.05, 0) is 12.8 Å². The Bertz CT molecular complexity index is 183. The summed E-state index contributed by atoms with van der Waals surface area (Å²) in [5, 5.41) is 0. The van der Waals surface area contributed by atoms with E-state index in [1.165, 1.54) is 0 Å². The first-order chi connectivity index (χ1) is 5.54. The number of carbonyl (C=O) groups is 1. The summed E-state index contributed by atoms with van der Waals surface area (Å²) in [7, 11) is 0. The van der Waals surface area contributed by atoms with Gasteiger partial charge in [0.1, 0.15) is 0 Å². The lowest BCUT2D eigenvalue weighted by Gasteiger charge is -2.04. The molecule has 0 aromatic heterocycles. The Morgan fingerprint density at radius 3 is 2.07 bits per heavy atom. The Kier molecular flexibility index (Phi) is 14.0. The second-order valence-corrected chi connectivity index (χ2v) is 2.46. The lowest BCUT2D eigenvalue weighted by atomic mass is 10.1. The number of carbonyl (C=O) groups excluding carboxylic acids is 1. The Labute approximate surface area is 95.3 Å². The van der Waals surface area contributed by atoms with Crippen molar-refractivity contribution >= 4 is 36.7 Å². The first-order valence-corrected chi connectivity index (χ1v) is 3.64. The number of rotatable bonds is 5. The molecule has 0 spiro atoms. The van der Waals surface area contributed by atoms with Crippen LogP contribution in [0.4, 0.5) is 0 Å². The van der Waals surface area contributed by atoms with Crippen molar-refractivity contribution in [3.8, 4) is 0 Å². The maximum absolute atomic E-state index is 10.4. The van der Waals surface area contributed by atoms with Crippen LogP contribution in [0.5, 0.6) is 0 Å². The van der Waals surface area contributed by atoms with Crippen LogP contribution in [-0.4, -0.2) is 24.5 Å². The van der Waals surface area contributed by atoms with Crippen LogP contribution in [0.1, 0.15) is 12.8 Å². The highest BCUT2D eigenvalue weighted by molar-refractivity contribution is 5.85. The molecule has 0 aliphatic heterocycles. The van der Waals surface area contributed by atoms with Crippen LogP contribution in [0, 0.1) is 0 Å². The number of halogens is 2. The molecule has 1 atom stereocenters. The molecule has 6 nitrogen and oxygen atoms in total. The molecule has 0 aromatic rings. The Balaban J connectivity index is -0.000000605. The topological polar surface area (TPSA) is 134 Å². The predicted molar refractivity (Wildman–Crippen MR) is 61.6 cm³/mol. The van der Waals surface area contributed by atoms with E-state index in [1.54, 1.807) is 0 Å².